The molecule has 0 spiro atoms. The van der Waals surface area contributed by atoms with E-state index in [0.717, 1.165) is 36.1 Å². The monoisotopic (exact) mass is 268 g/mol. The van der Waals surface area contributed by atoms with Gasteiger partial charge in [0, 0.05) is 25.2 Å². The minimum Gasteiger partial charge on any atom is -0.497 e. The molecule has 1 fully saturated rings. The molecule has 1 aromatic carbocycles. The predicted octanol–water partition coefficient (Wildman–Crippen LogP) is 2.93. The van der Waals surface area contributed by atoms with Crippen LogP contribution in [-0.4, -0.2) is 32.8 Å². The molecule has 1 aromatic rings. The quantitative estimate of drug-likeness (QED) is 0.909. The molecule has 1 atom stereocenters. The van der Waals surface area contributed by atoms with Gasteiger partial charge in [-0.05, 0) is 31.5 Å². The highest BCUT2D eigenvalue weighted by Crippen LogP contribution is 2.31. The van der Waals surface area contributed by atoms with Gasteiger partial charge in [0.05, 0.1) is 17.8 Å². The van der Waals surface area contributed by atoms with E-state index in [2.05, 4.69) is 17.1 Å². The van der Waals surface area contributed by atoms with Crippen LogP contribution in [0.1, 0.15) is 19.8 Å². The van der Waals surface area contributed by atoms with Crippen molar-refractivity contribution >= 4 is 17.3 Å². The maximum absolute atomic E-state index is 6.29. The second-order valence-corrected chi connectivity index (χ2v) is 5.07. The van der Waals surface area contributed by atoms with Crippen LogP contribution in [0, 0.1) is 0 Å². The van der Waals surface area contributed by atoms with Crippen LogP contribution in [0.4, 0.5) is 5.69 Å². The topological polar surface area (TPSA) is 24.5 Å². The summed E-state index contributed by atoms with van der Waals surface area (Å²) in [4.78, 5) is 2.35. The normalized spacial score (nSPS) is 19.9. The molecule has 100 valence electrons. The van der Waals surface area contributed by atoms with Gasteiger partial charge >= 0.3 is 0 Å². The lowest BCUT2D eigenvalue weighted by molar-refractivity contribution is 0.412. The summed E-state index contributed by atoms with van der Waals surface area (Å²) in [5.74, 6) is 0.861. The van der Waals surface area contributed by atoms with Crippen molar-refractivity contribution in [3.63, 3.8) is 0 Å². The number of likely N-dealkylation sites (N-methyl/N-ethyl adjacent to an activating group) is 1. The Morgan fingerprint density at radius 3 is 3.06 bits per heavy atom. The Morgan fingerprint density at radius 1 is 1.50 bits per heavy atom. The molecule has 1 saturated heterocycles. The maximum atomic E-state index is 6.29. The lowest BCUT2D eigenvalue weighted by Gasteiger charge is -2.35. The van der Waals surface area contributed by atoms with E-state index in [9.17, 15) is 0 Å². The van der Waals surface area contributed by atoms with Gasteiger partial charge in [0.25, 0.3) is 0 Å². The Labute approximate surface area is 114 Å². The number of methoxy groups -OCH3 is 1. The highest BCUT2D eigenvalue weighted by molar-refractivity contribution is 6.33. The van der Waals surface area contributed by atoms with Gasteiger partial charge in [-0.15, -0.1) is 0 Å². The number of benzene rings is 1. The van der Waals surface area contributed by atoms with Crippen molar-refractivity contribution in [3.05, 3.63) is 23.2 Å². The predicted molar refractivity (Wildman–Crippen MR) is 76.9 cm³/mol. The van der Waals surface area contributed by atoms with Crippen molar-refractivity contribution in [1.29, 1.82) is 0 Å². The highest BCUT2D eigenvalue weighted by Gasteiger charge is 2.21. The second-order valence-electron chi connectivity index (χ2n) is 4.66. The summed E-state index contributed by atoms with van der Waals surface area (Å²) in [7, 11) is 1.69. The van der Waals surface area contributed by atoms with Crippen molar-refractivity contribution in [2.24, 2.45) is 0 Å². The number of hydrogen-bond acceptors (Lipinski definition) is 3. The van der Waals surface area contributed by atoms with Gasteiger partial charge in [0.2, 0.25) is 0 Å². The average Bonchev–Trinajstić information content (AvgIpc) is 2.40. The Morgan fingerprint density at radius 2 is 2.33 bits per heavy atom. The summed E-state index contributed by atoms with van der Waals surface area (Å²) in [6.45, 7) is 5.25. The fourth-order valence-corrected chi connectivity index (χ4v) is 2.75. The summed E-state index contributed by atoms with van der Waals surface area (Å²) in [5, 5.41) is 4.32. The lowest BCUT2D eigenvalue weighted by atomic mass is 10.0. The fourth-order valence-electron chi connectivity index (χ4n) is 2.51. The average molecular weight is 269 g/mol. The smallest absolute Gasteiger partial charge is 0.121 e. The largest absolute Gasteiger partial charge is 0.497 e. The molecule has 4 heteroatoms. The van der Waals surface area contributed by atoms with Crippen LogP contribution in [0.3, 0.4) is 0 Å². The molecular formula is C14H21ClN2O. The molecule has 1 N–H and O–H groups in total. The number of halogens is 1. The summed E-state index contributed by atoms with van der Waals surface area (Å²) in [5.41, 5.74) is 1.08. The van der Waals surface area contributed by atoms with Gasteiger partial charge in [0.15, 0.2) is 0 Å². The van der Waals surface area contributed by atoms with Gasteiger partial charge in [-0.25, -0.2) is 0 Å². The van der Waals surface area contributed by atoms with E-state index in [1.807, 2.05) is 18.2 Å². The molecule has 2 rings (SSSR count). The minimum absolute atomic E-state index is 0.561. The van der Waals surface area contributed by atoms with E-state index in [1.54, 1.807) is 7.11 Å². The van der Waals surface area contributed by atoms with E-state index < -0.39 is 0 Å². The Kier molecular flexibility index (Phi) is 4.72. The molecule has 0 aromatic heterocycles. The van der Waals surface area contributed by atoms with Gasteiger partial charge < -0.3 is 15.0 Å². The first-order chi connectivity index (χ1) is 8.74. The first kappa shape index (κ1) is 13.5. The molecule has 1 unspecified atom stereocenters. The number of ether oxygens (including phenoxy) is 1. The van der Waals surface area contributed by atoms with Crippen LogP contribution in [0.5, 0.6) is 5.75 Å². The Balaban J connectivity index is 2.14. The summed E-state index contributed by atoms with van der Waals surface area (Å²) < 4.78 is 5.27. The molecule has 1 aliphatic rings. The van der Waals surface area contributed by atoms with Crippen molar-refractivity contribution < 1.29 is 4.74 Å². The highest BCUT2D eigenvalue weighted by atomic mass is 35.5. The molecule has 0 bridgehead atoms. The molecule has 0 aliphatic carbocycles. The van der Waals surface area contributed by atoms with E-state index in [0.29, 0.717) is 6.04 Å². The molecule has 0 saturated carbocycles. The number of rotatable bonds is 4. The Hall–Kier alpha value is -0.930. The molecule has 0 amide bonds. The van der Waals surface area contributed by atoms with Crippen LogP contribution in [-0.2, 0) is 0 Å². The number of anilines is 1. The summed E-state index contributed by atoms with van der Waals surface area (Å²) >= 11 is 6.29. The van der Waals surface area contributed by atoms with Gasteiger partial charge in [-0.1, -0.05) is 18.5 Å². The third-order valence-electron chi connectivity index (χ3n) is 3.41. The van der Waals surface area contributed by atoms with Crippen LogP contribution in [0.25, 0.3) is 0 Å². The van der Waals surface area contributed by atoms with Crippen LogP contribution in [0.2, 0.25) is 5.02 Å². The molecule has 3 nitrogen and oxygen atoms in total. The molecule has 0 radical (unpaired) electrons. The van der Waals surface area contributed by atoms with Crippen molar-refractivity contribution in [2.45, 2.75) is 25.8 Å². The molecule has 18 heavy (non-hydrogen) atoms. The van der Waals surface area contributed by atoms with Crippen LogP contribution in [0.15, 0.2) is 18.2 Å². The number of piperidine rings is 1. The van der Waals surface area contributed by atoms with E-state index in [-0.39, 0.29) is 0 Å². The Bertz CT molecular complexity index is 395. The van der Waals surface area contributed by atoms with E-state index >= 15 is 0 Å². The second kappa shape index (κ2) is 6.30. The van der Waals surface area contributed by atoms with Crippen molar-refractivity contribution in [1.82, 2.24) is 5.32 Å². The summed E-state index contributed by atoms with van der Waals surface area (Å²) in [6, 6.07) is 6.40. The third-order valence-corrected chi connectivity index (χ3v) is 3.73. The van der Waals surface area contributed by atoms with Gasteiger partial charge in [-0.3, -0.25) is 0 Å². The number of hydrogen-bond donors (Lipinski definition) is 1. The fraction of sp³-hybridized carbons (Fsp3) is 0.571. The zero-order chi connectivity index (χ0) is 13.0. The third kappa shape index (κ3) is 3.09. The van der Waals surface area contributed by atoms with Gasteiger partial charge in [0.1, 0.15) is 5.75 Å². The molecule has 1 aliphatic heterocycles. The van der Waals surface area contributed by atoms with E-state index in [4.69, 9.17) is 16.3 Å². The SMILES string of the molecule is CCNC1CCCN(c2cc(OC)ccc2Cl)C1. The molecular weight excluding hydrogens is 248 g/mol. The standard InChI is InChI=1S/C14H21ClN2O/c1-3-16-11-5-4-8-17(10-11)14-9-12(18-2)6-7-13(14)15/h6-7,9,11,16H,3-5,8,10H2,1-2H3. The van der Waals surface area contributed by atoms with Crippen molar-refractivity contribution in [3.8, 4) is 5.75 Å². The van der Waals surface area contributed by atoms with Gasteiger partial charge in [-0.2, -0.15) is 0 Å². The summed E-state index contributed by atoms with van der Waals surface area (Å²) in [6.07, 6.45) is 2.44. The van der Waals surface area contributed by atoms with Crippen LogP contribution < -0.4 is 15.0 Å². The zero-order valence-corrected chi connectivity index (χ0v) is 11.8. The minimum atomic E-state index is 0.561. The van der Waals surface area contributed by atoms with Crippen LogP contribution >= 0.6 is 11.6 Å². The van der Waals surface area contributed by atoms with Crippen molar-refractivity contribution in [2.75, 3.05) is 31.6 Å². The number of nitrogens with zero attached hydrogens (tertiary/aromatic N) is 1. The lowest BCUT2D eigenvalue weighted by Crippen LogP contribution is -2.45. The molecule has 1 heterocycles. The first-order valence-electron chi connectivity index (χ1n) is 6.56. The maximum Gasteiger partial charge on any atom is 0.121 e. The zero-order valence-electron chi connectivity index (χ0n) is 11.1. The number of nitrogens with one attached hydrogen (secondary N) is 1. The van der Waals surface area contributed by atoms with E-state index in [1.165, 1.54) is 12.8 Å². The first-order valence-corrected chi connectivity index (χ1v) is 6.94.